The summed E-state index contributed by atoms with van der Waals surface area (Å²) in [5.41, 5.74) is 0.887. The average Bonchev–Trinajstić information content (AvgIpc) is 2.74. The second kappa shape index (κ2) is 4.87. The summed E-state index contributed by atoms with van der Waals surface area (Å²) < 4.78 is 5.71. The number of cyclic esters (lactones) is 1. The van der Waals surface area contributed by atoms with Gasteiger partial charge in [0.25, 0.3) is 0 Å². The summed E-state index contributed by atoms with van der Waals surface area (Å²) in [4.78, 5) is 24.5. The number of halogens is 1. The molecule has 0 radical (unpaired) electrons. The van der Waals surface area contributed by atoms with E-state index in [1.165, 1.54) is 0 Å². The van der Waals surface area contributed by atoms with Gasteiger partial charge < -0.3 is 4.74 Å². The SMILES string of the molecule is C[C@@H](C(=O)N1CCOC1=O)c1ccc(Br)cc1. The van der Waals surface area contributed by atoms with E-state index >= 15 is 0 Å². The van der Waals surface area contributed by atoms with Crippen LogP contribution in [0.3, 0.4) is 0 Å². The third kappa shape index (κ3) is 2.49. The van der Waals surface area contributed by atoms with Crippen LogP contribution >= 0.6 is 15.9 Å². The van der Waals surface area contributed by atoms with E-state index in [-0.39, 0.29) is 18.4 Å². The summed E-state index contributed by atoms with van der Waals surface area (Å²) in [6.07, 6.45) is -0.543. The van der Waals surface area contributed by atoms with Crippen LogP contribution in [0, 0.1) is 0 Å². The van der Waals surface area contributed by atoms with Crippen molar-refractivity contribution in [1.29, 1.82) is 0 Å². The Hall–Kier alpha value is -1.36. The van der Waals surface area contributed by atoms with E-state index in [0.717, 1.165) is 14.9 Å². The first-order chi connectivity index (χ1) is 8.09. The maximum absolute atomic E-state index is 12.1. The highest BCUT2D eigenvalue weighted by Crippen LogP contribution is 2.21. The minimum Gasteiger partial charge on any atom is -0.447 e. The largest absolute Gasteiger partial charge is 0.447 e. The Morgan fingerprint density at radius 3 is 2.59 bits per heavy atom. The second-order valence-electron chi connectivity index (χ2n) is 3.88. The van der Waals surface area contributed by atoms with Gasteiger partial charge in [0.2, 0.25) is 5.91 Å². The number of rotatable bonds is 2. The van der Waals surface area contributed by atoms with Gasteiger partial charge in [0.05, 0.1) is 12.5 Å². The van der Waals surface area contributed by atoms with Crippen molar-refractivity contribution in [2.75, 3.05) is 13.2 Å². The zero-order valence-corrected chi connectivity index (χ0v) is 10.9. The van der Waals surface area contributed by atoms with Crippen LogP contribution in [0.25, 0.3) is 0 Å². The lowest BCUT2D eigenvalue weighted by Crippen LogP contribution is -2.34. The molecule has 1 aliphatic heterocycles. The lowest BCUT2D eigenvalue weighted by molar-refractivity contribution is -0.128. The first-order valence-electron chi connectivity index (χ1n) is 5.33. The molecule has 1 heterocycles. The number of amides is 2. The molecular formula is C12H12BrNO3. The highest BCUT2D eigenvalue weighted by atomic mass is 79.9. The monoisotopic (exact) mass is 297 g/mol. The molecule has 0 bridgehead atoms. The Morgan fingerprint density at radius 2 is 2.06 bits per heavy atom. The standard InChI is InChI=1S/C12H12BrNO3/c1-8(9-2-4-10(13)5-3-9)11(15)14-6-7-17-12(14)16/h2-5,8H,6-7H2,1H3/t8-/m1/s1. The highest BCUT2D eigenvalue weighted by Gasteiger charge is 2.31. The predicted molar refractivity (Wildman–Crippen MR) is 65.6 cm³/mol. The summed E-state index contributed by atoms with van der Waals surface area (Å²) in [7, 11) is 0. The van der Waals surface area contributed by atoms with Crippen LogP contribution in [-0.2, 0) is 9.53 Å². The first-order valence-corrected chi connectivity index (χ1v) is 6.12. The van der Waals surface area contributed by atoms with Crippen molar-refractivity contribution in [3.05, 3.63) is 34.3 Å². The van der Waals surface area contributed by atoms with E-state index in [2.05, 4.69) is 15.9 Å². The molecule has 5 heteroatoms. The number of imide groups is 1. The fourth-order valence-corrected chi connectivity index (χ4v) is 1.99. The topological polar surface area (TPSA) is 46.6 Å². The van der Waals surface area contributed by atoms with Crippen molar-refractivity contribution < 1.29 is 14.3 Å². The minimum atomic E-state index is -0.543. The van der Waals surface area contributed by atoms with E-state index in [1.54, 1.807) is 6.92 Å². The molecule has 1 aromatic carbocycles. The van der Waals surface area contributed by atoms with E-state index in [0.29, 0.717) is 6.54 Å². The van der Waals surface area contributed by atoms with Crippen LogP contribution in [0.5, 0.6) is 0 Å². The van der Waals surface area contributed by atoms with E-state index < -0.39 is 6.09 Å². The van der Waals surface area contributed by atoms with Gasteiger partial charge in [-0.2, -0.15) is 0 Å². The maximum Gasteiger partial charge on any atom is 0.416 e. The summed E-state index contributed by atoms with van der Waals surface area (Å²) in [5, 5.41) is 0. The number of hydrogen-bond donors (Lipinski definition) is 0. The molecule has 1 fully saturated rings. The fourth-order valence-electron chi connectivity index (χ4n) is 1.72. The van der Waals surface area contributed by atoms with Gasteiger partial charge in [0.15, 0.2) is 0 Å². The molecule has 0 aromatic heterocycles. The molecule has 1 aliphatic rings. The second-order valence-corrected chi connectivity index (χ2v) is 4.79. The van der Waals surface area contributed by atoms with Crippen LogP contribution in [0.4, 0.5) is 4.79 Å². The summed E-state index contributed by atoms with van der Waals surface area (Å²) in [6, 6.07) is 7.49. The molecule has 90 valence electrons. The molecule has 0 unspecified atom stereocenters. The van der Waals surface area contributed by atoms with Gasteiger partial charge in [-0.25, -0.2) is 9.69 Å². The number of benzene rings is 1. The van der Waals surface area contributed by atoms with Crippen LogP contribution < -0.4 is 0 Å². The third-order valence-electron chi connectivity index (χ3n) is 2.77. The zero-order chi connectivity index (χ0) is 12.4. The van der Waals surface area contributed by atoms with E-state index in [9.17, 15) is 9.59 Å². The Morgan fingerprint density at radius 1 is 1.41 bits per heavy atom. The lowest BCUT2D eigenvalue weighted by Gasteiger charge is -2.16. The van der Waals surface area contributed by atoms with Crippen molar-refractivity contribution in [1.82, 2.24) is 4.90 Å². The van der Waals surface area contributed by atoms with Gasteiger partial charge >= 0.3 is 6.09 Å². The number of hydrogen-bond acceptors (Lipinski definition) is 3. The Kier molecular flexibility index (Phi) is 3.47. The van der Waals surface area contributed by atoms with Gasteiger partial charge in [0.1, 0.15) is 6.61 Å². The molecule has 1 aromatic rings. The van der Waals surface area contributed by atoms with E-state index in [1.807, 2.05) is 24.3 Å². The van der Waals surface area contributed by atoms with Crippen LogP contribution in [0.1, 0.15) is 18.4 Å². The van der Waals surface area contributed by atoms with Gasteiger partial charge in [-0.1, -0.05) is 28.1 Å². The Balaban J connectivity index is 2.14. The van der Waals surface area contributed by atoms with Gasteiger partial charge in [-0.3, -0.25) is 4.79 Å². The van der Waals surface area contributed by atoms with Crippen LogP contribution in [0.2, 0.25) is 0 Å². The molecular weight excluding hydrogens is 286 g/mol. The highest BCUT2D eigenvalue weighted by molar-refractivity contribution is 9.10. The number of ether oxygens (including phenoxy) is 1. The molecule has 2 rings (SSSR count). The molecule has 17 heavy (non-hydrogen) atoms. The molecule has 0 N–H and O–H groups in total. The van der Waals surface area contributed by atoms with Crippen LogP contribution in [-0.4, -0.2) is 30.1 Å². The predicted octanol–water partition coefficient (Wildman–Crippen LogP) is 2.53. The van der Waals surface area contributed by atoms with Gasteiger partial charge in [-0.05, 0) is 24.6 Å². The molecule has 0 spiro atoms. The summed E-state index contributed by atoms with van der Waals surface area (Å²) in [5.74, 6) is -0.552. The summed E-state index contributed by atoms with van der Waals surface area (Å²) in [6.45, 7) is 2.42. The van der Waals surface area contributed by atoms with Crippen molar-refractivity contribution in [3.8, 4) is 0 Å². The van der Waals surface area contributed by atoms with E-state index in [4.69, 9.17) is 4.74 Å². The van der Waals surface area contributed by atoms with Crippen molar-refractivity contribution in [2.45, 2.75) is 12.8 Å². The fraction of sp³-hybridized carbons (Fsp3) is 0.333. The Labute approximate surface area is 108 Å². The number of nitrogens with zero attached hydrogens (tertiary/aromatic N) is 1. The average molecular weight is 298 g/mol. The van der Waals surface area contributed by atoms with Crippen molar-refractivity contribution >= 4 is 27.9 Å². The molecule has 0 aliphatic carbocycles. The first kappa shape index (κ1) is 12.1. The van der Waals surface area contributed by atoms with Gasteiger partial charge in [-0.15, -0.1) is 0 Å². The third-order valence-corrected chi connectivity index (χ3v) is 3.30. The Bertz CT molecular complexity index is 444. The molecule has 1 saturated heterocycles. The normalized spacial score (nSPS) is 16.8. The molecule has 0 saturated carbocycles. The smallest absolute Gasteiger partial charge is 0.416 e. The van der Waals surface area contributed by atoms with Crippen LogP contribution in [0.15, 0.2) is 28.7 Å². The summed E-state index contributed by atoms with van der Waals surface area (Å²) >= 11 is 3.34. The number of carbonyl (C=O) groups excluding carboxylic acids is 2. The number of carbonyl (C=O) groups is 2. The van der Waals surface area contributed by atoms with Crippen molar-refractivity contribution in [3.63, 3.8) is 0 Å². The maximum atomic E-state index is 12.1. The molecule has 4 nitrogen and oxygen atoms in total. The zero-order valence-electron chi connectivity index (χ0n) is 9.35. The minimum absolute atomic E-state index is 0.213. The molecule has 1 atom stereocenters. The quantitative estimate of drug-likeness (QED) is 0.843. The van der Waals surface area contributed by atoms with Gasteiger partial charge in [0, 0.05) is 4.47 Å². The lowest BCUT2D eigenvalue weighted by atomic mass is 10.00. The molecule has 2 amide bonds. The van der Waals surface area contributed by atoms with Crippen molar-refractivity contribution in [2.24, 2.45) is 0 Å².